The van der Waals surface area contributed by atoms with Crippen LogP contribution in [0.2, 0.25) is 0 Å². The van der Waals surface area contributed by atoms with Crippen molar-refractivity contribution in [1.82, 2.24) is 25.2 Å². The molecule has 2 amide bonds. The number of nitrogens with one attached hydrogen (secondary N) is 2. The van der Waals surface area contributed by atoms with Crippen LogP contribution >= 0.6 is 0 Å². The molecule has 0 bridgehead atoms. The Kier molecular flexibility index (Phi) is 5.94. The first kappa shape index (κ1) is 18.3. The van der Waals surface area contributed by atoms with E-state index in [-0.39, 0.29) is 11.8 Å². The van der Waals surface area contributed by atoms with E-state index in [0.717, 1.165) is 17.1 Å². The Morgan fingerprint density at radius 2 is 1.81 bits per heavy atom. The lowest BCUT2D eigenvalue weighted by Gasteiger charge is -2.10. The third-order valence-corrected chi connectivity index (χ3v) is 3.97. The standard InChI is InChI=1S/C20H21N5O2/c1-15(26)23-12-17-13-25(14-24-17)19-8-3-2-7-18(19)20(27)22-11-9-16-6-4-5-10-21-16/h2-8,10,13-14H,9,11-12H2,1H3,(H,22,27)(H,23,26). The van der Waals surface area contributed by atoms with Gasteiger partial charge in [0.15, 0.2) is 0 Å². The normalized spacial score (nSPS) is 10.4. The highest BCUT2D eigenvalue weighted by molar-refractivity contribution is 5.97. The third kappa shape index (κ3) is 5.01. The lowest BCUT2D eigenvalue weighted by atomic mass is 10.1. The minimum Gasteiger partial charge on any atom is -0.352 e. The van der Waals surface area contributed by atoms with Gasteiger partial charge in [-0.05, 0) is 24.3 Å². The predicted octanol–water partition coefficient (Wildman–Crippen LogP) is 1.88. The molecule has 0 spiro atoms. The van der Waals surface area contributed by atoms with E-state index in [0.29, 0.717) is 25.1 Å². The number of pyridine rings is 1. The average molecular weight is 363 g/mol. The van der Waals surface area contributed by atoms with E-state index in [2.05, 4.69) is 20.6 Å². The summed E-state index contributed by atoms with van der Waals surface area (Å²) in [6, 6.07) is 13.1. The van der Waals surface area contributed by atoms with E-state index in [4.69, 9.17) is 0 Å². The van der Waals surface area contributed by atoms with Crippen molar-refractivity contribution in [3.8, 4) is 5.69 Å². The number of imidazole rings is 1. The van der Waals surface area contributed by atoms with Gasteiger partial charge < -0.3 is 15.2 Å². The predicted molar refractivity (Wildman–Crippen MR) is 101 cm³/mol. The molecular formula is C20H21N5O2. The van der Waals surface area contributed by atoms with Gasteiger partial charge in [-0.3, -0.25) is 14.6 Å². The summed E-state index contributed by atoms with van der Waals surface area (Å²) in [7, 11) is 0. The number of aromatic nitrogens is 3. The Bertz CT molecular complexity index is 921. The van der Waals surface area contributed by atoms with E-state index in [1.54, 1.807) is 29.4 Å². The molecule has 0 aliphatic rings. The molecule has 27 heavy (non-hydrogen) atoms. The lowest BCUT2D eigenvalue weighted by molar-refractivity contribution is -0.119. The van der Waals surface area contributed by atoms with Gasteiger partial charge in [0.25, 0.3) is 5.91 Å². The maximum absolute atomic E-state index is 12.6. The van der Waals surface area contributed by atoms with Crippen molar-refractivity contribution >= 4 is 11.8 Å². The van der Waals surface area contributed by atoms with Gasteiger partial charge >= 0.3 is 0 Å². The summed E-state index contributed by atoms with van der Waals surface area (Å²) in [6.45, 7) is 2.31. The van der Waals surface area contributed by atoms with Crippen molar-refractivity contribution in [3.63, 3.8) is 0 Å². The zero-order valence-corrected chi connectivity index (χ0v) is 15.1. The molecule has 0 aliphatic carbocycles. The topological polar surface area (TPSA) is 88.9 Å². The fourth-order valence-corrected chi connectivity index (χ4v) is 2.64. The molecule has 0 fully saturated rings. The fourth-order valence-electron chi connectivity index (χ4n) is 2.64. The monoisotopic (exact) mass is 363 g/mol. The highest BCUT2D eigenvalue weighted by Gasteiger charge is 2.12. The number of hydrogen-bond acceptors (Lipinski definition) is 4. The summed E-state index contributed by atoms with van der Waals surface area (Å²) in [5.41, 5.74) is 2.94. The molecule has 0 atom stereocenters. The van der Waals surface area contributed by atoms with E-state index in [1.165, 1.54) is 6.92 Å². The second kappa shape index (κ2) is 8.75. The van der Waals surface area contributed by atoms with Crippen molar-refractivity contribution < 1.29 is 9.59 Å². The number of nitrogens with zero attached hydrogens (tertiary/aromatic N) is 3. The van der Waals surface area contributed by atoms with Crippen LogP contribution in [-0.4, -0.2) is 32.9 Å². The number of amides is 2. The second-order valence-electron chi connectivity index (χ2n) is 6.03. The van der Waals surface area contributed by atoms with Gasteiger partial charge in [0.1, 0.15) is 0 Å². The maximum atomic E-state index is 12.6. The van der Waals surface area contributed by atoms with E-state index < -0.39 is 0 Å². The van der Waals surface area contributed by atoms with Gasteiger partial charge in [-0.25, -0.2) is 4.98 Å². The summed E-state index contributed by atoms with van der Waals surface area (Å²) in [5, 5.41) is 5.64. The maximum Gasteiger partial charge on any atom is 0.253 e. The Morgan fingerprint density at radius 1 is 1.00 bits per heavy atom. The molecular weight excluding hydrogens is 342 g/mol. The van der Waals surface area contributed by atoms with Crippen LogP contribution in [0, 0.1) is 0 Å². The highest BCUT2D eigenvalue weighted by atomic mass is 16.2. The van der Waals surface area contributed by atoms with Crippen molar-refractivity contribution in [2.24, 2.45) is 0 Å². The third-order valence-electron chi connectivity index (χ3n) is 3.97. The Hall–Kier alpha value is -3.48. The average Bonchev–Trinajstić information content (AvgIpc) is 3.16. The summed E-state index contributed by atoms with van der Waals surface area (Å²) in [6.07, 6.45) is 5.85. The zero-order chi connectivity index (χ0) is 19.1. The molecule has 7 heteroatoms. The van der Waals surface area contributed by atoms with Crippen LogP contribution in [0.1, 0.15) is 28.7 Å². The molecule has 2 aromatic heterocycles. The SMILES string of the molecule is CC(=O)NCc1cn(-c2ccccc2C(=O)NCCc2ccccn2)cn1. The van der Waals surface area contributed by atoms with Gasteiger partial charge in [0.05, 0.1) is 29.8 Å². The molecule has 7 nitrogen and oxygen atoms in total. The minimum absolute atomic E-state index is 0.114. The molecule has 3 rings (SSSR count). The summed E-state index contributed by atoms with van der Waals surface area (Å²) in [5.74, 6) is -0.268. The molecule has 0 unspecified atom stereocenters. The van der Waals surface area contributed by atoms with Crippen LogP contribution in [0.5, 0.6) is 0 Å². The number of rotatable bonds is 7. The Labute approximate surface area is 157 Å². The molecule has 0 aliphatic heterocycles. The molecule has 3 aromatic rings. The molecule has 1 aromatic carbocycles. The van der Waals surface area contributed by atoms with Gasteiger partial charge in [-0.15, -0.1) is 0 Å². The van der Waals surface area contributed by atoms with Crippen molar-refractivity contribution in [1.29, 1.82) is 0 Å². The van der Waals surface area contributed by atoms with Crippen LogP contribution in [-0.2, 0) is 17.8 Å². The summed E-state index contributed by atoms with van der Waals surface area (Å²) >= 11 is 0. The van der Waals surface area contributed by atoms with Gasteiger partial charge in [-0.2, -0.15) is 0 Å². The largest absolute Gasteiger partial charge is 0.352 e. The first-order valence-electron chi connectivity index (χ1n) is 8.68. The van der Waals surface area contributed by atoms with E-state index in [1.807, 2.05) is 36.4 Å². The minimum atomic E-state index is -0.154. The van der Waals surface area contributed by atoms with Crippen molar-refractivity contribution in [2.45, 2.75) is 19.9 Å². The van der Waals surface area contributed by atoms with Crippen LogP contribution in [0.4, 0.5) is 0 Å². The molecule has 0 saturated heterocycles. The van der Waals surface area contributed by atoms with Crippen LogP contribution < -0.4 is 10.6 Å². The Morgan fingerprint density at radius 3 is 2.59 bits per heavy atom. The first-order chi connectivity index (χ1) is 13.1. The van der Waals surface area contributed by atoms with E-state index in [9.17, 15) is 9.59 Å². The molecule has 2 heterocycles. The van der Waals surface area contributed by atoms with Gasteiger partial charge in [-0.1, -0.05) is 18.2 Å². The van der Waals surface area contributed by atoms with Crippen molar-refractivity contribution in [3.05, 3.63) is 78.1 Å². The zero-order valence-electron chi connectivity index (χ0n) is 15.1. The quantitative estimate of drug-likeness (QED) is 0.671. The Balaban J connectivity index is 1.68. The molecule has 138 valence electrons. The van der Waals surface area contributed by atoms with Crippen LogP contribution in [0.15, 0.2) is 61.2 Å². The van der Waals surface area contributed by atoms with Crippen LogP contribution in [0.25, 0.3) is 5.69 Å². The summed E-state index contributed by atoms with van der Waals surface area (Å²) in [4.78, 5) is 32.2. The number of benzene rings is 1. The van der Waals surface area contributed by atoms with Crippen LogP contribution in [0.3, 0.4) is 0 Å². The number of carbonyl (C=O) groups excluding carboxylic acids is 2. The van der Waals surface area contributed by atoms with Crippen molar-refractivity contribution in [2.75, 3.05) is 6.54 Å². The second-order valence-corrected chi connectivity index (χ2v) is 6.03. The highest BCUT2D eigenvalue weighted by Crippen LogP contribution is 2.15. The molecule has 0 radical (unpaired) electrons. The first-order valence-corrected chi connectivity index (χ1v) is 8.68. The lowest BCUT2D eigenvalue weighted by Crippen LogP contribution is -2.27. The van der Waals surface area contributed by atoms with Gasteiger partial charge in [0.2, 0.25) is 5.91 Å². The van der Waals surface area contributed by atoms with Gasteiger partial charge in [0, 0.05) is 38.0 Å². The number of carbonyl (C=O) groups is 2. The fraction of sp³-hybridized carbons (Fsp3) is 0.200. The summed E-state index contributed by atoms with van der Waals surface area (Å²) < 4.78 is 1.78. The molecule has 0 saturated carbocycles. The number of para-hydroxylation sites is 1. The molecule has 2 N–H and O–H groups in total. The smallest absolute Gasteiger partial charge is 0.253 e. The number of hydrogen-bond donors (Lipinski definition) is 2. The van der Waals surface area contributed by atoms with E-state index >= 15 is 0 Å².